The van der Waals surface area contributed by atoms with E-state index in [0.717, 1.165) is 35.4 Å². The summed E-state index contributed by atoms with van der Waals surface area (Å²) in [5.41, 5.74) is 0.596. The molecule has 1 atom stereocenters. The van der Waals surface area contributed by atoms with Crippen molar-refractivity contribution in [1.29, 1.82) is 0 Å². The number of aromatic nitrogens is 2. The number of rotatable bonds is 2. The van der Waals surface area contributed by atoms with Crippen molar-refractivity contribution in [2.24, 2.45) is 0 Å². The zero-order valence-electron chi connectivity index (χ0n) is 11.4. The first-order chi connectivity index (χ1) is 9.56. The van der Waals surface area contributed by atoms with E-state index in [2.05, 4.69) is 30.8 Å². The molecule has 106 valence electrons. The van der Waals surface area contributed by atoms with Gasteiger partial charge in [0.2, 0.25) is 0 Å². The summed E-state index contributed by atoms with van der Waals surface area (Å²) in [4.78, 5) is 16.7. The van der Waals surface area contributed by atoms with Crippen molar-refractivity contribution in [3.8, 4) is 0 Å². The van der Waals surface area contributed by atoms with Crippen LogP contribution in [0.3, 0.4) is 0 Å². The number of imidazole rings is 1. The smallest absolute Gasteiger partial charge is 0.256 e. The van der Waals surface area contributed by atoms with Crippen LogP contribution < -0.4 is 5.32 Å². The van der Waals surface area contributed by atoms with Crippen LogP contribution in [0.4, 0.5) is 0 Å². The molecule has 0 spiro atoms. The number of amides is 1. The minimum atomic E-state index is -0.0835. The van der Waals surface area contributed by atoms with Crippen LogP contribution in [0.25, 0.3) is 0 Å². The molecule has 0 bridgehead atoms. The van der Waals surface area contributed by atoms with Crippen LogP contribution in [0.2, 0.25) is 0 Å². The molecular formula is C14H16BrN3O2. The molecule has 1 aliphatic rings. The van der Waals surface area contributed by atoms with Gasteiger partial charge in [0.15, 0.2) is 0 Å². The maximum atomic E-state index is 12.4. The Kier molecular flexibility index (Phi) is 3.41. The SMILES string of the molecule is Cc1oc(C)c(C(=O)NC2CCc3nccn3C2)c1Br. The molecule has 0 aromatic carbocycles. The lowest BCUT2D eigenvalue weighted by molar-refractivity contribution is 0.0925. The van der Waals surface area contributed by atoms with Crippen LogP contribution >= 0.6 is 15.9 Å². The van der Waals surface area contributed by atoms with Crippen LogP contribution in [0.15, 0.2) is 21.3 Å². The molecule has 2 aromatic heterocycles. The van der Waals surface area contributed by atoms with Crippen LogP contribution in [0.1, 0.15) is 34.1 Å². The number of hydrogen-bond acceptors (Lipinski definition) is 3. The number of nitrogens with zero attached hydrogens (tertiary/aromatic N) is 2. The molecule has 6 heteroatoms. The minimum absolute atomic E-state index is 0.0835. The second kappa shape index (κ2) is 5.09. The van der Waals surface area contributed by atoms with Crippen molar-refractivity contribution >= 4 is 21.8 Å². The maximum Gasteiger partial charge on any atom is 0.256 e. The summed E-state index contributed by atoms with van der Waals surface area (Å²) in [6, 6.07) is 0.130. The largest absolute Gasteiger partial charge is 0.465 e. The van der Waals surface area contributed by atoms with Gasteiger partial charge in [-0.25, -0.2) is 4.98 Å². The number of hydrogen-bond donors (Lipinski definition) is 1. The predicted octanol–water partition coefficient (Wildman–Crippen LogP) is 2.60. The number of halogens is 1. The highest BCUT2D eigenvalue weighted by atomic mass is 79.9. The van der Waals surface area contributed by atoms with Crippen molar-refractivity contribution in [3.63, 3.8) is 0 Å². The zero-order valence-corrected chi connectivity index (χ0v) is 13.0. The lowest BCUT2D eigenvalue weighted by Crippen LogP contribution is -2.41. The summed E-state index contributed by atoms with van der Waals surface area (Å²) in [6.07, 6.45) is 5.56. The van der Waals surface area contributed by atoms with E-state index in [1.165, 1.54) is 0 Å². The van der Waals surface area contributed by atoms with E-state index < -0.39 is 0 Å². The summed E-state index contributed by atoms with van der Waals surface area (Å²) in [6.45, 7) is 4.42. The number of carbonyl (C=O) groups is 1. The maximum absolute atomic E-state index is 12.4. The summed E-state index contributed by atoms with van der Waals surface area (Å²) in [5.74, 6) is 2.38. The zero-order chi connectivity index (χ0) is 14.3. The molecule has 1 unspecified atom stereocenters. The molecule has 1 aliphatic heterocycles. The van der Waals surface area contributed by atoms with Gasteiger partial charge in [-0.2, -0.15) is 0 Å². The Morgan fingerprint density at radius 1 is 1.50 bits per heavy atom. The summed E-state index contributed by atoms with van der Waals surface area (Å²) < 4.78 is 8.31. The summed E-state index contributed by atoms with van der Waals surface area (Å²) >= 11 is 3.42. The predicted molar refractivity (Wildman–Crippen MR) is 77.7 cm³/mol. The molecule has 20 heavy (non-hydrogen) atoms. The van der Waals surface area contributed by atoms with E-state index in [1.54, 1.807) is 6.20 Å². The normalized spacial score (nSPS) is 17.9. The second-order valence-electron chi connectivity index (χ2n) is 5.11. The van der Waals surface area contributed by atoms with Gasteiger partial charge >= 0.3 is 0 Å². The molecule has 0 fully saturated rings. The first kappa shape index (κ1) is 13.4. The molecular weight excluding hydrogens is 322 g/mol. The summed E-state index contributed by atoms with van der Waals surface area (Å²) in [5, 5.41) is 3.08. The fraction of sp³-hybridized carbons (Fsp3) is 0.429. The third-order valence-electron chi connectivity index (χ3n) is 3.68. The quantitative estimate of drug-likeness (QED) is 0.916. The average molecular weight is 338 g/mol. The van der Waals surface area contributed by atoms with Gasteiger partial charge in [-0.05, 0) is 36.2 Å². The number of carbonyl (C=O) groups excluding carboxylic acids is 1. The van der Waals surface area contributed by atoms with Gasteiger partial charge < -0.3 is 14.3 Å². The van der Waals surface area contributed by atoms with Crippen molar-refractivity contribution in [2.45, 2.75) is 39.3 Å². The lowest BCUT2D eigenvalue weighted by atomic mass is 10.1. The molecule has 0 saturated carbocycles. The van der Waals surface area contributed by atoms with Crippen LogP contribution in [0, 0.1) is 13.8 Å². The van der Waals surface area contributed by atoms with Gasteiger partial charge in [-0.3, -0.25) is 4.79 Å². The molecule has 3 rings (SSSR count). The van der Waals surface area contributed by atoms with Crippen LogP contribution in [-0.4, -0.2) is 21.5 Å². The Morgan fingerprint density at radius 2 is 2.30 bits per heavy atom. The molecule has 0 saturated heterocycles. The Bertz CT molecular complexity index is 659. The Hall–Kier alpha value is -1.56. The number of fused-ring (bicyclic) bond motifs is 1. The highest BCUT2D eigenvalue weighted by molar-refractivity contribution is 9.10. The van der Waals surface area contributed by atoms with Gasteiger partial charge in [0, 0.05) is 31.4 Å². The second-order valence-corrected chi connectivity index (χ2v) is 5.90. The molecule has 5 nitrogen and oxygen atoms in total. The summed E-state index contributed by atoms with van der Waals surface area (Å²) in [7, 11) is 0. The molecule has 0 radical (unpaired) electrons. The topological polar surface area (TPSA) is 60.1 Å². The van der Waals surface area contributed by atoms with E-state index in [-0.39, 0.29) is 11.9 Å². The van der Waals surface area contributed by atoms with Crippen molar-refractivity contribution in [2.75, 3.05) is 0 Å². The monoisotopic (exact) mass is 337 g/mol. The first-order valence-corrected chi connectivity index (χ1v) is 7.42. The number of nitrogens with one attached hydrogen (secondary N) is 1. The van der Waals surface area contributed by atoms with Crippen LogP contribution in [-0.2, 0) is 13.0 Å². The van der Waals surface area contributed by atoms with E-state index in [1.807, 2.05) is 20.0 Å². The third-order valence-corrected chi connectivity index (χ3v) is 4.64. The Labute approximate surface area is 125 Å². The number of aryl methyl sites for hydroxylation is 3. The average Bonchev–Trinajstić information content (AvgIpc) is 2.94. The van der Waals surface area contributed by atoms with Crippen LogP contribution in [0.5, 0.6) is 0 Å². The highest BCUT2D eigenvalue weighted by Crippen LogP contribution is 2.27. The third kappa shape index (κ3) is 2.28. The molecule has 0 aliphatic carbocycles. The minimum Gasteiger partial charge on any atom is -0.465 e. The number of furan rings is 1. The van der Waals surface area contributed by atoms with Crippen molar-refractivity contribution in [3.05, 3.63) is 39.8 Å². The molecule has 1 amide bonds. The van der Waals surface area contributed by atoms with Gasteiger partial charge in [0.05, 0.1) is 10.0 Å². The fourth-order valence-electron chi connectivity index (χ4n) is 2.66. The van der Waals surface area contributed by atoms with E-state index in [0.29, 0.717) is 11.3 Å². The Morgan fingerprint density at radius 3 is 3.00 bits per heavy atom. The van der Waals surface area contributed by atoms with Gasteiger partial charge in [0.1, 0.15) is 17.3 Å². The first-order valence-electron chi connectivity index (χ1n) is 6.62. The van der Waals surface area contributed by atoms with Gasteiger partial charge in [-0.1, -0.05) is 0 Å². The van der Waals surface area contributed by atoms with E-state index in [4.69, 9.17) is 4.42 Å². The highest BCUT2D eigenvalue weighted by Gasteiger charge is 2.24. The Balaban J connectivity index is 1.74. The van der Waals surface area contributed by atoms with Crippen molar-refractivity contribution in [1.82, 2.24) is 14.9 Å². The van der Waals surface area contributed by atoms with Crippen molar-refractivity contribution < 1.29 is 9.21 Å². The fourth-order valence-corrected chi connectivity index (χ4v) is 3.20. The van der Waals surface area contributed by atoms with Gasteiger partial charge in [0.25, 0.3) is 5.91 Å². The molecule has 1 N–H and O–H groups in total. The standard InChI is InChI=1S/C14H16BrN3O2/c1-8-12(13(15)9(2)20-8)14(19)17-10-3-4-11-16-5-6-18(11)7-10/h5-6,10H,3-4,7H2,1-2H3,(H,17,19). The van der Waals surface area contributed by atoms with E-state index >= 15 is 0 Å². The molecule has 3 heterocycles. The van der Waals surface area contributed by atoms with E-state index in [9.17, 15) is 4.79 Å². The molecule has 2 aromatic rings. The lowest BCUT2D eigenvalue weighted by Gasteiger charge is -2.24. The van der Waals surface area contributed by atoms with Gasteiger partial charge in [-0.15, -0.1) is 0 Å².